The molecule has 45 heavy (non-hydrogen) atoms. The number of aliphatic hydroxyl groups excluding tert-OH is 1. The van der Waals surface area contributed by atoms with Crippen molar-refractivity contribution in [1.82, 2.24) is 15.1 Å². The fourth-order valence-corrected chi connectivity index (χ4v) is 6.12. The second-order valence-corrected chi connectivity index (χ2v) is 11.7. The molecule has 3 atom stereocenters. The number of imide groups is 1. The van der Waals surface area contributed by atoms with Crippen LogP contribution in [0.1, 0.15) is 12.0 Å². The van der Waals surface area contributed by atoms with Crippen molar-refractivity contribution in [2.24, 2.45) is 5.92 Å². The number of halogens is 3. The lowest BCUT2D eigenvalue weighted by atomic mass is 9.96. The number of nitrogens with one attached hydrogen (secondary N) is 2. The van der Waals surface area contributed by atoms with Crippen LogP contribution < -0.4 is 15.4 Å². The zero-order valence-electron chi connectivity index (χ0n) is 24.9. The summed E-state index contributed by atoms with van der Waals surface area (Å²) in [5.74, 6) is -2.52. The fraction of sp³-hybridized carbons (Fsp3) is 0.344. The monoisotopic (exact) mass is 658 g/mol. The van der Waals surface area contributed by atoms with Gasteiger partial charge in [0.15, 0.2) is 0 Å². The molecule has 0 spiro atoms. The lowest BCUT2D eigenvalue weighted by Crippen LogP contribution is -2.56. The Morgan fingerprint density at radius 2 is 1.78 bits per heavy atom. The molecule has 2 aliphatic rings. The highest BCUT2D eigenvalue weighted by molar-refractivity contribution is 6.39. The predicted molar refractivity (Wildman–Crippen MR) is 169 cm³/mol. The number of benzene rings is 3. The lowest BCUT2D eigenvalue weighted by Gasteiger charge is -2.33. The summed E-state index contributed by atoms with van der Waals surface area (Å²) in [6.45, 7) is 0.867. The number of hydrogen-bond acceptors (Lipinski definition) is 7. The van der Waals surface area contributed by atoms with E-state index in [9.17, 15) is 19.5 Å². The highest BCUT2D eigenvalue weighted by Gasteiger charge is 2.39. The standard InChI is InChI=1S/C32H33Cl2FN4O6/c1-38-15-22(31(42)39(2)32(38)43)30(41)37-24-9-5-8-20(29(24)34)19-7-4-6-18(28(19)33)17-12-23(35)21(27(13-17)44-3)14-36-25-16-45-11-10-26(25)40/h4-9,12-13,22,25-26,36,40H,10-11,14-16H2,1-3H3,(H,37,41)/t22?,25-,26-/m1/s1. The first kappa shape index (κ1) is 32.6. The molecular formula is C32H33Cl2FN4O6. The van der Waals surface area contributed by atoms with Crippen molar-refractivity contribution in [3.63, 3.8) is 0 Å². The van der Waals surface area contributed by atoms with E-state index in [0.29, 0.717) is 58.2 Å². The van der Waals surface area contributed by atoms with Crippen molar-refractivity contribution in [2.75, 3.05) is 46.3 Å². The third-order valence-corrected chi connectivity index (χ3v) is 8.92. The van der Waals surface area contributed by atoms with Gasteiger partial charge in [0.05, 0.1) is 41.6 Å². The van der Waals surface area contributed by atoms with E-state index >= 15 is 4.39 Å². The average molecular weight is 660 g/mol. The number of carbonyl (C=O) groups is 3. The van der Waals surface area contributed by atoms with Gasteiger partial charge in [-0.3, -0.25) is 14.5 Å². The molecule has 2 heterocycles. The normalized spacial score (nSPS) is 20.4. The molecule has 0 saturated carbocycles. The van der Waals surface area contributed by atoms with E-state index in [1.807, 2.05) is 0 Å². The van der Waals surface area contributed by atoms with Crippen molar-refractivity contribution < 1.29 is 33.4 Å². The molecule has 3 aromatic rings. The number of ether oxygens (including phenoxy) is 2. The zero-order chi connectivity index (χ0) is 32.4. The minimum Gasteiger partial charge on any atom is -0.496 e. The van der Waals surface area contributed by atoms with Gasteiger partial charge in [0.2, 0.25) is 11.8 Å². The third kappa shape index (κ3) is 6.63. The van der Waals surface area contributed by atoms with E-state index in [1.54, 1.807) is 42.5 Å². The van der Waals surface area contributed by atoms with E-state index in [0.717, 1.165) is 4.90 Å². The average Bonchev–Trinajstić information content (AvgIpc) is 3.02. The number of anilines is 1. The fourth-order valence-electron chi connectivity index (χ4n) is 5.50. The van der Waals surface area contributed by atoms with Gasteiger partial charge in [0, 0.05) is 56.0 Å². The molecule has 0 bridgehead atoms. The smallest absolute Gasteiger partial charge is 0.326 e. The molecule has 13 heteroatoms. The largest absolute Gasteiger partial charge is 0.496 e. The molecule has 0 aliphatic carbocycles. The van der Waals surface area contributed by atoms with E-state index in [-0.39, 0.29) is 29.8 Å². The minimum atomic E-state index is -1.10. The number of methoxy groups -OCH3 is 1. The van der Waals surface area contributed by atoms with Gasteiger partial charge in [-0.15, -0.1) is 0 Å². The Labute approximate surface area is 270 Å². The van der Waals surface area contributed by atoms with E-state index in [2.05, 4.69) is 10.6 Å². The summed E-state index contributed by atoms with van der Waals surface area (Å²) in [6.07, 6.45) is -0.0850. The van der Waals surface area contributed by atoms with Crippen LogP contribution in [0.15, 0.2) is 48.5 Å². The van der Waals surface area contributed by atoms with Crippen LogP contribution in [-0.2, 0) is 20.9 Å². The molecule has 2 saturated heterocycles. The van der Waals surface area contributed by atoms with Crippen LogP contribution in [0.25, 0.3) is 22.3 Å². The lowest BCUT2D eigenvalue weighted by molar-refractivity contribution is -0.140. The zero-order valence-corrected chi connectivity index (χ0v) is 26.4. The van der Waals surface area contributed by atoms with Gasteiger partial charge >= 0.3 is 6.03 Å². The summed E-state index contributed by atoms with van der Waals surface area (Å²) in [5, 5.41) is 16.6. The first-order valence-corrected chi connectivity index (χ1v) is 15.0. The molecule has 3 N–H and O–H groups in total. The quantitative estimate of drug-likeness (QED) is 0.298. The van der Waals surface area contributed by atoms with Gasteiger partial charge in [-0.05, 0) is 30.2 Å². The molecule has 3 aromatic carbocycles. The van der Waals surface area contributed by atoms with Crippen LogP contribution in [0.5, 0.6) is 5.75 Å². The van der Waals surface area contributed by atoms with Crippen molar-refractivity contribution in [2.45, 2.75) is 25.1 Å². The molecule has 5 rings (SSSR count). The van der Waals surface area contributed by atoms with Crippen LogP contribution in [0.3, 0.4) is 0 Å². The number of hydrogen-bond donors (Lipinski definition) is 3. The minimum absolute atomic E-state index is 0.0646. The Balaban J connectivity index is 1.41. The van der Waals surface area contributed by atoms with Gasteiger partial charge in [0.1, 0.15) is 17.5 Å². The van der Waals surface area contributed by atoms with Crippen molar-refractivity contribution >= 4 is 46.7 Å². The maximum Gasteiger partial charge on any atom is 0.326 e. The molecule has 238 valence electrons. The van der Waals surface area contributed by atoms with Crippen molar-refractivity contribution in [3.8, 4) is 28.0 Å². The van der Waals surface area contributed by atoms with Crippen LogP contribution in [-0.4, -0.2) is 85.9 Å². The van der Waals surface area contributed by atoms with Crippen LogP contribution in [0, 0.1) is 11.7 Å². The number of nitrogens with zero attached hydrogens (tertiary/aromatic N) is 2. The third-order valence-electron chi connectivity index (χ3n) is 8.11. The summed E-state index contributed by atoms with van der Waals surface area (Å²) < 4.78 is 26.5. The SMILES string of the molecule is COc1cc(-c2cccc(-c3cccc(NC(=O)C4CN(C)C(=O)N(C)C4=O)c3Cl)c2Cl)cc(F)c1CN[C@@H]1COCC[C@H]1O. The van der Waals surface area contributed by atoms with Gasteiger partial charge < -0.3 is 30.1 Å². The Hall–Kier alpha value is -3.74. The molecule has 2 fully saturated rings. The maximum absolute atomic E-state index is 15.5. The topological polar surface area (TPSA) is 120 Å². The second kappa shape index (κ2) is 13.7. The summed E-state index contributed by atoms with van der Waals surface area (Å²) in [4.78, 5) is 40.0. The summed E-state index contributed by atoms with van der Waals surface area (Å²) >= 11 is 13.7. The Morgan fingerprint density at radius 1 is 1.09 bits per heavy atom. The predicted octanol–water partition coefficient (Wildman–Crippen LogP) is 4.79. The Morgan fingerprint density at radius 3 is 2.49 bits per heavy atom. The van der Waals surface area contributed by atoms with Crippen LogP contribution in [0.4, 0.5) is 14.9 Å². The molecule has 1 unspecified atom stereocenters. The number of carbonyl (C=O) groups excluding carboxylic acids is 3. The molecule has 0 radical (unpaired) electrons. The summed E-state index contributed by atoms with van der Waals surface area (Å²) in [6, 6.07) is 12.5. The Bertz CT molecular complexity index is 1640. The van der Waals surface area contributed by atoms with Crippen LogP contribution >= 0.6 is 23.2 Å². The van der Waals surface area contributed by atoms with Crippen LogP contribution in [0.2, 0.25) is 10.0 Å². The van der Waals surface area contributed by atoms with Crippen molar-refractivity contribution in [3.05, 3.63) is 70.0 Å². The van der Waals surface area contributed by atoms with Gasteiger partial charge in [-0.1, -0.05) is 53.5 Å². The van der Waals surface area contributed by atoms with E-state index in [1.165, 1.54) is 32.2 Å². The van der Waals surface area contributed by atoms with Gasteiger partial charge in [0.25, 0.3) is 0 Å². The number of rotatable bonds is 8. The van der Waals surface area contributed by atoms with E-state index in [4.69, 9.17) is 32.7 Å². The maximum atomic E-state index is 15.5. The Kier molecular flexibility index (Phi) is 9.95. The molecule has 10 nitrogen and oxygen atoms in total. The number of amides is 4. The highest BCUT2D eigenvalue weighted by Crippen LogP contribution is 2.42. The molecule has 2 aliphatic heterocycles. The summed E-state index contributed by atoms with van der Waals surface area (Å²) in [7, 11) is 4.29. The first-order valence-electron chi connectivity index (χ1n) is 14.3. The molecular weight excluding hydrogens is 626 g/mol. The van der Waals surface area contributed by atoms with Gasteiger partial charge in [-0.25, -0.2) is 9.18 Å². The summed E-state index contributed by atoms with van der Waals surface area (Å²) in [5.41, 5.74) is 2.59. The second-order valence-electron chi connectivity index (χ2n) is 11.0. The van der Waals surface area contributed by atoms with Crippen molar-refractivity contribution in [1.29, 1.82) is 0 Å². The number of urea groups is 1. The molecule has 0 aromatic heterocycles. The first-order chi connectivity index (χ1) is 21.5. The van der Waals surface area contributed by atoms with E-state index < -0.39 is 35.7 Å². The molecule has 4 amide bonds. The number of aliphatic hydroxyl groups is 1. The van der Waals surface area contributed by atoms with Gasteiger partial charge in [-0.2, -0.15) is 0 Å². The highest BCUT2D eigenvalue weighted by atomic mass is 35.5.